The molecule has 0 saturated carbocycles. The highest BCUT2D eigenvalue weighted by atomic mass is 35.5. The predicted octanol–water partition coefficient (Wildman–Crippen LogP) is 1.63. The lowest BCUT2D eigenvalue weighted by molar-refractivity contribution is 0.170. The van der Waals surface area contributed by atoms with Crippen molar-refractivity contribution in [3.05, 3.63) is 24.3 Å². The normalized spacial score (nSPS) is 21.4. The Morgan fingerprint density at radius 3 is 2.52 bits per heavy atom. The van der Waals surface area contributed by atoms with Crippen molar-refractivity contribution < 1.29 is 13.2 Å². The largest absolute Gasteiger partial charge is 0.492 e. The molecule has 0 N–H and O–H groups in total. The predicted molar refractivity (Wildman–Crippen MR) is 83.5 cm³/mol. The first kappa shape index (κ1) is 16.5. The summed E-state index contributed by atoms with van der Waals surface area (Å²) in [6.07, 6.45) is 0. The molecule has 5 nitrogen and oxygen atoms in total. The molecule has 0 aliphatic carbocycles. The van der Waals surface area contributed by atoms with Crippen molar-refractivity contribution in [3.8, 4) is 5.75 Å². The molecule has 0 bridgehead atoms. The van der Waals surface area contributed by atoms with Gasteiger partial charge in [0.25, 0.3) is 0 Å². The van der Waals surface area contributed by atoms with Gasteiger partial charge in [-0.1, -0.05) is 0 Å². The Hall–Kier alpha value is -0.820. The molecular weight excluding hydrogens is 312 g/mol. The Morgan fingerprint density at radius 1 is 1.29 bits per heavy atom. The molecule has 2 rings (SSSR count). The van der Waals surface area contributed by atoms with E-state index < -0.39 is 10.0 Å². The molecule has 0 amide bonds. The molecule has 0 spiro atoms. The minimum atomic E-state index is -3.45. The third-order valence-corrected chi connectivity index (χ3v) is 5.73. The van der Waals surface area contributed by atoms with Gasteiger partial charge in [0.15, 0.2) is 0 Å². The van der Waals surface area contributed by atoms with E-state index >= 15 is 0 Å². The van der Waals surface area contributed by atoms with Crippen molar-refractivity contribution in [1.29, 1.82) is 0 Å². The fourth-order valence-corrected chi connectivity index (χ4v) is 4.17. The van der Waals surface area contributed by atoms with E-state index in [4.69, 9.17) is 16.3 Å². The van der Waals surface area contributed by atoms with Crippen LogP contribution in [0.1, 0.15) is 6.92 Å². The van der Waals surface area contributed by atoms with Crippen LogP contribution in [0, 0.1) is 0 Å². The molecule has 1 aliphatic rings. The van der Waals surface area contributed by atoms with Crippen molar-refractivity contribution >= 4 is 21.6 Å². The first-order valence-corrected chi connectivity index (χ1v) is 8.92. The summed E-state index contributed by atoms with van der Waals surface area (Å²) in [5.74, 6) is 1.03. The number of nitrogens with zero attached hydrogens (tertiary/aromatic N) is 2. The molecule has 118 valence electrons. The molecule has 1 unspecified atom stereocenters. The number of rotatable bonds is 5. The van der Waals surface area contributed by atoms with E-state index in [1.54, 1.807) is 28.6 Å². The second kappa shape index (κ2) is 6.96. The Balaban J connectivity index is 2.15. The van der Waals surface area contributed by atoms with Crippen LogP contribution in [0.3, 0.4) is 0 Å². The maximum absolute atomic E-state index is 12.7. The Kier molecular flexibility index (Phi) is 5.48. The molecule has 1 aliphatic heterocycles. The summed E-state index contributed by atoms with van der Waals surface area (Å²) < 4.78 is 32.3. The number of hydrogen-bond acceptors (Lipinski definition) is 4. The van der Waals surface area contributed by atoms with Gasteiger partial charge in [-0.3, -0.25) is 0 Å². The van der Waals surface area contributed by atoms with Gasteiger partial charge < -0.3 is 9.64 Å². The lowest BCUT2D eigenvalue weighted by atomic mass is 10.2. The van der Waals surface area contributed by atoms with E-state index in [2.05, 4.69) is 4.90 Å². The number of alkyl halides is 1. The summed E-state index contributed by atoms with van der Waals surface area (Å²) in [6.45, 7) is 4.36. The highest BCUT2D eigenvalue weighted by Gasteiger charge is 2.32. The van der Waals surface area contributed by atoms with Crippen LogP contribution >= 0.6 is 11.6 Å². The van der Waals surface area contributed by atoms with E-state index in [9.17, 15) is 8.42 Å². The van der Waals surface area contributed by atoms with Crippen molar-refractivity contribution in [2.24, 2.45) is 0 Å². The molecule has 1 heterocycles. The fourth-order valence-electron chi connectivity index (χ4n) is 2.48. The Labute approximate surface area is 131 Å². The highest BCUT2D eigenvalue weighted by Crippen LogP contribution is 2.23. The standard InChI is InChI=1S/C14H21ClN2O3S/c1-12-11-16(2)8-9-17(12)21(18,19)14-5-3-13(4-6-14)20-10-7-15/h3-6,12H,7-11H2,1-2H3. The molecule has 1 aromatic carbocycles. The SMILES string of the molecule is CC1CN(C)CCN1S(=O)(=O)c1ccc(OCCCl)cc1. The lowest BCUT2D eigenvalue weighted by Crippen LogP contribution is -2.52. The van der Waals surface area contributed by atoms with Crippen LogP contribution in [0.15, 0.2) is 29.2 Å². The maximum Gasteiger partial charge on any atom is 0.243 e. The van der Waals surface area contributed by atoms with Crippen LogP contribution in [-0.4, -0.2) is 62.8 Å². The lowest BCUT2D eigenvalue weighted by Gasteiger charge is -2.37. The average Bonchev–Trinajstić information content (AvgIpc) is 2.45. The van der Waals surface area contributed by atoms with Gasteiger partial charge in [-0.15, -0.1) is 11.6 Å². The van der Waals surface area contributed by atoms with Crippen LogP contribution in [-0.2, 0) is 10.0 Å². The quantitative estimate of drug-likeness (QED) is 0.769. The molecule has 0 radical (unpaired) electrons. The van der Waals surface area contributed by atoms with E-state index in [1.807, 2.05) is 14.0 Å². The average molecular weight is 333 g/mol. The van der Waals surface area contributed by atoms with E-state index in [-0.39, 0.29) is 6.04 Å². The summed E-state index contributed by atoms with van der Waals surface area (Å²) in [4.78, 5) is 2.44. The molecule has 1 aromatic rings. The number of hydrogen-bond donors (Lipinski definition) is 0. The van der Waals surface area contributed by atoms with Crippen LogP contribution < -0.4 is 4.74 Å². The molecule has 1 fully saturated rings. The van der Waals surface area contributed by atoms with Gasteiger partial charge in [0.05, 0.1) is 10.8 Å². The molecule has 0 aromatic heterocycles. The minimum Gasteiger partial charge on any atom is -0.492 e. The summed E-state index contributed by atoms with van der Waals surface area (Å²) in [6, 6.07) is 6.48. The van der Waals surface area contributed by atoms with E-state index in [0.29, 0.717) is 29.7 Å². The van der Waals surface area contributed by atoms with Crippen LogP contribution in [0.2, 0.25) is 0 Å². The van der Waals surface area contributed by atoms with Crippen LogP contribution in [0.5, 0.6) is 5.75 Å². The molecule has 1 atom stereocenters. The minimum absolute atomic E-state index is 0.0269. The van der Waals surface area contributed by atoms with Crippen molar-refractivity contribution in [2.75, 3.05) is 39.2 Å². The Morgan fingerprint density at radius 2 is 1.95 bits per heavy atom. The monoisotopic (exact) mass is 332 g/mol. The van der Waals surface area contributed by atoms with Gasteiger partial charge in [-0.25, -0.2) is 8.42 Å². The van der Waals surface area contributed by atoms with Crippen LogP contribution in [0.25, 0.3) is 0 Å². The number of benzene rings is 1. The smallest absolute Gasteiger partial charge is 0.243 e. The third kappa shape index (κ3) is 3.88. The number of piperazine rings is 1. The molecule has 7 heteroatoms. The number of sulfonamides is 1. The van der Waals surface area contributed by atoms with Gasteiger partial charge in [0.1, 0.15) is 12.4 Å². The zero-order chi connectivity index (χ0) is 15.5. The highest BCUT2D eigenvalue weighted by molar-refractivity contribution is 7.89. The van der Waals surface area contributed by atoms with Crippen LogP contribution in [0.4, 0.5) is 0 Å². The first-order chi connectivity index (χ1) is 9.95. The van der Waals surface area contributed by atoms with Gasteiger partial charge >= 0.3 is 0 Å². The van der Waals surface area contributed by atoms with Crippen molar-refractivity contribution in [1.82, 2.24) is 9.21 Å². The topological polar surface area (TPSA) is 49.9 Å². The summed E-state index contributed by atoms with van der Waals surface area (Å²) in [7, 11) is -1.44. The fraction of sp³-hybridized carbons (Fsp3) is 0.571. The summed E-state index contributed by atoms with van der Waals surface area (Å²) >= 11 is 5.55. The first-order valence-electron chi connectivity index (χ1n) is 6.94. The number of likely N-dealkylation sites (N-methyl/N-ethyl adjacent to an activating group) is 1. The van der Waals surface area contributed by atoms with Crippen molar-refractivity contribution in [3.63, 3.8) is 0 Å². The molecular formula is C14H21ClN2O3S. The van der Waals surface area contributed by atoms with Gasteiger partial charge in [0, 0.05) is 25.7 Å². The van der Waals surface area contributed by atoms with Gasteiger partial charge in [-0.05, 0) is 38.2 Å². The third-order valence-electron chi connectivity index (χ3n) is 3.55. The summed E-state index contributed by atoms with van der Waals surface area (Å²) in [5, 5.41) is 0. The molecule has 21 heavy (non-hydrogen) atoms. The zero-order valence-electron chi connectivity index (χ0n) is 12.3. The van der Waals surface area contributed by atoms with Gasteiger partial charge in [0.2, 0.25) is 10.0 Å². The Bertz CT molecular complexity index is 562. The van der Waals surface area contributed by atoms with E-state index in [1.165, 1.54) is 0 Å². The number of halogens is 1. The van der Waals surface area contributed by atoms with Gasteiger partial charge in [-0.2, -0.15) is 4.31 Å². The zero-order valence-corrected chi connectivity index (χ0v) is 13.9. The van der Waals surface area contributed by atoms with E-state index in [0.717, 1.165) is 13.1 Å². The maximum atomic E-state index is 12.7. The number of ether oxygens (including phenoxy) is 1. The van der Waals surface area contributed by atoms with Crippen molar-refractivity contribution in [2.45, 2.75) is 17.9 Å². The summed E-state index contributed by atoms with van der Waals surface area (Å²) in [5.41, 5.74) is 0. The second-order valence-corrected chi connectivity index (χ2v) is 7.50. The molecule has 1 saturated heterocycles. The second-order valence-electron chi connectivity index (χ2n) is 5.24.